The summed E-state index contributed by atoms with van der Waals surface area (Å²) in [6.07, 6.45) is 0.562. The summed E-state index contributed by atoms with van der Waals surface area (Å²) in [7, 11) is 0. The lowest BCUT2D eigenvalue weighted by atomic mass is 10.1. The predicted octanol–water partition coefficient (Wildman–Crippen LogP) is 2.24. The van der Waals surface area contributed by atoms with E-state index in [1.54, 1.807) is 0 Å². The number of aromatic carboxylic acids is 1. The van der Waals surface area contributed by atoms with Crippen LogP contribution in [0.25, 0.3) is 0 Å². The van der Waals surface area contributed by atoms with Crippen LogP contribution in [0.15, 0.2) is 12.1 Å². The highest BCUT2D eigenvalue weighted by Gasteiger charge is 2.11. The Hall–Kier alpha value is -1.54. The van der Waals surface area contributed by atoms with Gasteiger partial charge in [-0.15, -0.1) is 0 Å². The zero-order chi connectivity index (χ0) is 12.1. The maximum atomic E-state index is 13.3. The van der Waals surface area contributed by atoms with Crippen LogP contribution >= 0.6 is 15.9 Å². The Labute approximate surface area is 101 Å². The van der Waals surface area contributed by atoms with Gasteiger partial charge in [0.05, 0.1) is 11.1 Å². The summed E-state index contributed by atoms with van der Waals surface area (Å²) in [6.45, 7) is 0. The van der Waals surface area contributed by atoms with Gasteiger partial charge in [-0.05, 0) is 12.1 Å². The molecule has 0 saturated heterocycles. The van der Waals surface area contributed by atoms with E-state index in [4.69, 9.17) is 10.8 Å². The summed E-state index contributed by atoms with van der Waals surface area (Å²) in [4.78, 5) is 10.8. The molecule has 0 spiro atoms. The van der Waals surface area contributed by atoms with Gasteiger partial charge < -0.3 is 10.8 Å². The fourth-order valence-corrected chi connectivity index (χ4v) is 1.27. The molecule has 0 saturated carbocycles. The molecule has 1 rings (SSSR count). The lowest BCUT2D eigenvalue weighted by Crippen LogP contribution is -2.04. The largest absolute Gasteiger partial charge is 0.478 e. The number of alkyl halides is 1. The van der Waals surface area contributed by atoms with Gasteiger partial charge in [-0.25, -0.2) is 9.18 Å². The summed E-state index contributed by atoms with van der Waals surface area (Å²) in [5.74, 6) is 3.47. The highest BCUT2D eigenvalue weighted by Crippen LogP contribution is 2.17. The first-order chi connectivity index (χ1) is 7.56. The molecule has 0 aromatic heterocycles. The van der Waals surface area contributed by atoms with Crippen molar-refractivity contribution in [2.75, 3.05) is 11.1 Å². The van der Waals surface area contributed by atoms with Crippen LogP contribution in [0.2, 0.25) is 0 Å². The molecule has 1 aromatic rings. The van der Waals surface area contributed by atoms with Gasteiger partial charge in [0.15, 0.2) is 0 Å². The minimum Gasteiger partial charge on any atom is -0.478 e. The number of halogens is 2. The van der Waals surface area contributed by atoms with Crippen LogP contribution in [-0.2, 0) is 0 Å². The molecule has 1 aromatic carbocycles. The molecule has 5 heteroatoms. The summed E-state index contributed by atoms with van der Waals surface area (Å²) < 4.78 is 13.3. The molecule has 0 heterocycles. The van der Waals surface area contributed by atoms with E-state index in [2.05, 4.69) is 27.8 Å². The van der Waals surface area contributed by atoms with Crippen LogP contribution in [-0.4, -0.2) is 16.4 Å². The Morgan fingerprint density at radius 3 is 2.81 bits per heavy atom. The molecule has 3 nitrogen and oxygen atoms in total. The van der Waals surface area contributed by atoms with E-state index < -0.39 is 11.8 Å². The number of carbonyl (C=O) groups is 1. The molecular weight excluding hydrogens is 277 g/mol. The third-order valence-electron chi connectivity index (χ3n) is 1.81. The van der Waals surface area contributed by atoms with Crippen molar-refractivity contribution < 1.29 is 14.3 Å². The third-order valence-corrected chi connectivity index (χ3v) is 2.21. The zero-order valence-electron chi connectivity index (χ0n) is 8.26. The van der Waals surface area contributed by atoms with Crippen molar-refractivity contribution in [3.63, 3.8) is 0 Å². The van der Waals surface area contributed by atoms with E-state index >= 15 is 0 Å². The number of hydrogen-bond donors (Lipinski definition) is 2. The van der Waals surface area contributed by atoms with E-state index in [9.17, 15) is 9.18 Å². The Bertz CT molecular complexity index is 477. The number of nitrogens with two attached hydrogens (primary N) is 1. The number of rotatable bonds is 2. The molecule has 0 unspecified atom stereocenters. The normalized spacial score (nSPS) is 9.38. The van der Waals surface area contributed by atoms with Gasteiger partial charge in [-0.3, -0.25) is 0 Å². The number of anilines is 1. The van der Waals surface area contributed by atoms with Crippen LogP contribution in [0.3, 0.4) is 0 Å². The molecule has 84 valence electrons. The van der Waals surface area contributed by atoms with Crippen LogP contribution in [0.4, 0.5) is 10.1 Å². The highest BCUT2D eigenvalue weighted by atomic mass is 79.9. The maximum absolute atomic E-state index is 13.3. The quantitative estimate of drug-likeness (QED) is 0.498. The van der Waals surface area contributed by atoms with Crippen LogP contribution in [0.5, 0.6) is 0 Å². The van der Waals surface area contributed by atoms with E-state index in [0.717, 1.165) is 12.1 Å². The minimum absolute atomic E-state index is 0.0487. The van der Waals surface area contributed by atoms with E-state index in [0.29, 0.717) is 11.8 Å². The first-order valence-corrected chi connectivity index (χ1v) is 5.55. The predicted molar refractivity (Wildman–Crippen MR) is 63.1 cm³/mol. The first kappa shape index (κ1) is 12.5. The summed E-state index contributed by atoms with van der Waals surface area (Å²) in [5, 5.41) is 9.48. The van der Waals surface area contributed by atoms with Crippen molar-refractivity contribution in [3.05, 3.63) is 29.1 Å². The number of benzene rings is 1. The van der Waals surface area contributed by atoms with Gasteiger partial charge in [0.2, 0.25) is 0 Å². The second-order valence-corrected chi connectivity index (χ2v) is 3.76. The maximum Gasteiger partial charge on any atom is 0.337 e. The van der Waals surface area contributed by atoms with Crippen molar-refractivity contribution in [2.45, 2.75) is 6.42 Å². The molecular formula is C11H9BrFNO2. The van der Waals surface area contributed by atoms with Gasteiger partial charge in [-0.2, -0.15) is 0 Å². The summed E-state index contributed by atoms with van der Waals surface area (Å²) >= 11 is 3.18. The van der Waals surface area contributed by atoms with Gasteiger partial charge in [0, 0.05) is 17.4 Å². The highest BCUT2D eigenvalue weighted by molar-refractivity contribution is 9.09. The number of carboxylic acids is 1. The fraction of sp³-hybridized carbons (Fsp3) is 0.182. The number of carboxylic acid groups (broad SMARTS) is 1. The monoisotopic (exact) mass is 285 g/mol. The molecule has 0 amide bonds. The van der Waals surface area contributed by atoms with Crippen molar-refractivity contribution >= 4 is 27.6 Å². The first-order valence-electron chi connectivity index (χ1n) is 4.43. The fourth-order valence-electron chi connectivity index (χ4n) is 1.07. The van der Waals surface area contributed by atoms with Crippen LogP contribution in [0.1, 0.15) is 22.3 Å². The Morgan fingerprint density at radius 1 is 1.56 bits per heavy atom. The average molecular weight is 286 g/mol. The average Bonchev–Trinajstić information content (AvgIpc) is 2.21. The van der Waals surface area contributed by atoms with Crippen molar-refractivity contribution in [3.8, 4) is 11.8 Å². The van der Waals surface area contributed by atoms with Crippen molar-refractivity contribution in [1.29, 1.82) is 0 Å². The van der Waals surface area contributed by atoms with E-state index in [-0.39, 0.29) is 16.8 Å². The summed E-state index contributed by atoms with van der Waals surface area (Å²) in [6, 6.07) is 2.12. The Kier molecular flexibility index (Phi) is 4.32. The lowest BCUT2D eigenvalue weighted by Gasteiger charge is -2.02. The minimum atomic E-state index is -1.19. The molecule has 0 atom stereocenters. The number of hydrogen-bond acceptors (Lipinski definition) is 2. The summed E-state index contributed by atoms with van der Waals surface area (Å²) in [5.41, 5.74) is 5.18. The second kappa shape index (κ2) is 5.52. The Morgan fingerprint density at radius 2 is 2.25 bits per heavy atom. The number of nitrogen functional groups attached to an aromatic ring is 1. The smallest absolute Gasteiger partial charge is 0.337 e. The van der Waals surface area contributed by atoms with E-state index in [1.807, 2.05) is 0 Å². The molecule has 0 aliphatic rings. The van der Waals surface area contributed by atoms with Gasteiger partial charge >= 0.3 is 5.97 Å². The van der Waals surface area contributed by atoms with Crippen LogP contribution in [0, 0.1) is 17.7 Å². The lowest BCUT2D eigenvalue weighted by molar-refractivity contribution is 0.0698. The molecule has 0 bridgehead atoms. The molecule has 3 N–H and O–H groups in total. The Balaban J connectivity index is 3.16. The topological polar surface area (TPSA) is 63.3 Å². The second-order valence-electron chi connectivity index (χ2n) is 2.97. The van der Waals surface area contributed by atoms with Crippen molar-refractivity contribution in [1.82, 2.24) is 0 Å². The van der Waals surface area contributed by atoms with Gasteiger partial charge in [0.1, 0.15) is 5.82 Å². The molecule has 0 radical (unpaired) electrons. The molecule has 0 aliphatic carbocycles. The van der Waals surface area contributed by atoms with Crippen molar-refractivity contribution in [2.24, 2.45) is 0 Å². The molecule has 16 heavy (non-hydrogen) atoms. The zero-order valence-corrected chi connectivity index (χ0v) is 9.84. The standard InChI is InChI=1S/C11H9BrFNO2/c12-4-2-1-3-7-5-8(11(15)16)10(14)6-9(7)13/h5-6H,2,4,14H2,(H,15,16). The molecule has 0 fully saturated rings. The third kappa shape index (κ3) is 2.97. The van der Waals surface area contributed by atoms with Gasteiger partial charge in [-0.1, -0.05) is 27.8 Å². The van der Waals surface area contributed by atoms with Gasteiger partial charge in [0.25, 0.3) is 0 Å². The van der Waals surface area contributed by atoms with E-state index in [1.165, 1.54) is 0 Å². The SMILES string of the molecule is Nc1cc(F)c(C#CCCBr)cc1C(=O)O. The molecule has 0 aliphatic heterocycles. The van der Waals surface area contributed by atoms with Crippen LogP contribution < -0.4 is 5.73 Å².